The molecule has 0 radical (unpaired) electrons. The summed E-state index contributed by atoms with van der Waals surface area (Å²) >= 11 is 0. The van der Waals surface area contributed by atoms with Gasteiger partial charge in [0.05, 0.1) is 11.3 Å². The van der Waals surface area contributed by atoms with E-state index in [1.165, 1.54) is 17.0 Å². The first kappa shape index (κ1) is 23.7. The molecule has 0 aliphatic carbocycles. The first-order chi connectivity index (χ1) is 16.0. The number of hydrogen-bond donors (Lipinski definition) is 1. The van der Waals surface area contributed by atoms with Gasteiger partial charge in [0.25, 0.3) is 5.91 Å². The molecule has 2 amide bonds. The van der Waals surface area contributed by atoms with Gasteiger partial charge >= 0.3 is 6.18 Å². The van der Waals surface area contributed by atoms with Gasteiger partial charge in [0.2, 0.25) is 5.91 Å². The molecule has 0 saturated carbocycles. The lowest BCUT2D eigenvalue weighted by atomic mass is 9.83. The minimum absolute atomic E-state index is 0.0462. The Hall–Kier alpha value is -3.49. The summed E-state index contributed by atoms with van der Waals surface area (Å²) in [5, 5.41) is 2.77. The average molecular weight is 474 g/mol. The molecule has 0 atom stereocenters. The Kier molecular flexibility index (Phi) is 6.05. The summed E-state index contributed by atoms with van der Waals surface area (Å²) in [5.41, 5.74) is 0.564. The van der Waals surface area contributed by atoms with Crippen LogP contribution in [0.5, 0.6) is 11.5 Å². The van der Waals surface area contributed by atoms with Crippen LogP contribution in [0.2, 0.25) is 0 Å². The Morgan fingerprint density at radius 2 is 1.88 bits per heavy atom. The van der Waals surface area contributed by atoms with Crippen LogP contribution in [0.3, 0.4) is 0 Å². The van der Waals surface area contributed by atoms with Crippen LogP contribution in [-0.2, 0) is 15.8 Å². The maximum absolute atomic E-state index is 13.3. The zero-order valence-electron chi connectivity index (χ0n) is 19.1. The van der Waals surface area contributed by atoms with E-state index >= 15 is 0 Å². The van der Waals surface area contributed by atoms with Crippen LogP contribution in [0, 0.1) is 0 Å². The minimum atomic E-state index is -4.50. The third-order valence-electron chi connectivity index (χ3n) is 6.40. The normalized spacial score (nSPS) is 18.0. The number of likely N-dealkylation sites (N-methyl/N-ethyl adjacent to an activating group) is 1. The molecule has 180 valence electrons. The highest BCUT2D eigenvalue weighted by atomic mass is 19.4. The van der Waals surface area contributed by atoms with Gasteiger partial charge in [-0.3, -0.25) is 9.59 Å². The molecule has 0 spiro atoms. The van der Waals surface area contributed by atoms with E-state index in [1.807, 2.05) is 13.8 Å². The van der Waals surface area contributed by atoms with Crippen LogP contribution in [0.25, 0.3) is 5.57 Å². The van der Waals surface area contributed by atoms with Gasteiger partial charge in [-0.05, 0) is 48.7 Å². The number of fused-ring (bicyclic) bond motifs is 2. The predicted octanol–water partition coefficient (Wildman–Crippen LogP) is 5.42. The topological polar surface area (TPSA) is 67.9 Å². The zero-order chi connectivity index (χ0) is 24.7. The van der Waals surface area contributed by atoms with Gasteiger partial charge in [0, 0.05) is 30.8 Å². The lowest BCUT2D eigenvalue weighted by Crippen LogP contribution is -2.38. The maximum Gasteiger partial charge on any atom is 0.416 e. The second kappa shape index (κ2) is 8.70. The lowest BCUT2D eigenvalue weighted by Gasteiger charge is -2.39. The van der Waals surface area contributed by atoms with Crippen LogP contribution in [0.4, 0.5) is 24.5 Å². The molecule has 2 heterocycles. The third kappa shape index (κ3) is 4.47. The number of rotatable bonds is 4. The van der Waals surface area contributed by atoms with E-state index < -0.39 is 23.2 Å². The molecule has 0 saturated heterocycles. The SMILES string of the molecule is CCC1(CC)CC(=CC(=O)Nc2ccc3c(c2)N(C)C(=O)CO3)c2ccc(C(F)(F)F)cc2O1. The number of amides is 2. The molecule has 0 unspecified atom stereocenters. The summed E-state index contributed by atoms with van der Waals surface area (Å²) in [6.07, 6.45) is -1.56. The van der Waals surface area contributed by atoms with E-state index in [0.29, 0.717) is 47.5 Å². The summed E-state index contributed by atoms with van der Waals surface area (Å²) < 4.78 is 51.2. The van der Waals surface area contributed by atoms with Crippen molar-refractivity contribution >= 4 is 28.8 Å². The second-order valence-corrected chi connectivity index (χ2v) is 8.46. The van der Waals surface area contributed by atoms with E-state index in [0.717, 1.165) is 12.1 Å². The van der Waals surface area contributed by atoms with Crippen LogP contribution in [0.1, 0.15) is 44.2 Å². The summed E-state index contributed by atoms with van der Waals surface area (Å²) in [4.78, 5) is 26.2. The fourth-order valence-corrected chi connectivity index (χ4v) is 4.22. The van der Waals surface area contributed by atoms with Gasteiger partial charge in [-0.15, -0.1) is 0 Å². The van der Waals surface area contributed by atoms with Crippen LogP contribution in [0.15, 0.2) is 42.5 Å². The predicted molar refractivity (Wildman–Crippen MR) is 122 cm³/mol. The van der Waals surface area contributed by atoms with Crippen LogP contribution in [-0.4, -0.2) is 31.1 Å². The number of carbonyl (C=O) groups excluding carboxylic acids is 2. The van der Waals surface area contributed by atoms with Crippen molar-refractivity contribution in [2.45, 2.75) is 44.9 Å². The van der Waals surface area contributed by atoms with E-state index in [-0.39, 0.29) is 18.3 Å². The summed E-state index contributed by atoms with van der Waals surface area (Å²) in [6.45, 7) is 3.77. The first-order valence-corrected chi connectivity index (χ1v) is 11.0. The summed E-state index contributed by atoms with van der Waals surface area (Å²) in [7, 11) is 1.63. The highest BCUT2D eigenvalue weighted by molar-refractivity contribution is 6.05. The number of ether oxygens (including phenoxy) is 2. The van der Waals surface area contributed by atoms with E-state index in [9.17, 15) is 22.8 Å². The Morgan fingerprint density at radius 1 is 1.15 bits per heavy atom. The van der Waals surface area contributed by atoms with Crippen molar-refractivity contribution in [3.05, 3.63) is 53.6 Å². The molecular formula is C25H25F3N2O4. The smallest absolute Gasteiger partial charge is 0.416 e. The molecule has 2 aromatic rings. The number of nitrogens with one attached hydrogen (secondary N) is 1. The highest BCUT2D eigenvalue weighted by Gasteiger charge is 2.38. The van der Waals surface area contributed by atoms with E-state index in [4.69, 9.17) is 9.47 Å². The monoisotopic (exact) mass is 474 g/mol. The summed E-state index contributed by atoms with van der Waals surface area (Å²) in [5.74, 6) is 0.0166. The number of halogens is 3. The Bertz CT molecular complexity index is 1170. The van der Waals surface area contributed by atoms with Crippen LogP contribution >= 0.6 is 0 Å². The molecule has 0 bridgehead atoms. The fourth-order valence-electron chi connectivity index (χ4n) is 4.22. The highest BCUT2D eigenvalue weighted by Crippen LogP contribution is 2.45. The molecule has 4 rings (SSSR count). The zero-order valence-corrected chi connectivity index (χ0v) is 19.1. The first-order valence-electron chi connectivity index (χ1n) is 11.0. The molecule has 0 fully saturated rings. The van der Waals surface area contributed by atoms with Gasteiger partial charge in [0.15, 0.2) is 6.61 Å². The number of anilines is 2. The Labute approximate surface area is 195 Å². The van der Waals surface area contributed by atoms with Crippen molar-refractivity contribution in [2.24, 2.45) is 0 Å². The van der Waals surface area contributed by atoms with Crippen LogP contribution < -0.4 is 19.7 Å². The van der Waals surface area contributed by atoms with Crippen molar-refractivity contribution in [1.29, 1.82) is 0 Å². The number of alkyl halides is 3. The summed E-state index contributed by atoms with van der Waals surface area (Å²) in [6, 6.07) is 8.31. The Morgan fingerprint density at radius 3 is 2.56 bits per heavy atom. The molecule has 6 nitrogen and oxygen atoms in total. The van der Waals surface area contributed by atoms with Gasteiger partial charge in [0.1, 0.15) is 17.1 Å². The number of nitrogens with zero attached hydrogens (tertiary/aromatic N) is 1. The molecule has 2 aliphatic rings. The van der Waals surface area contributed by atoms with Gasteiger partial charge in [-0.25, -0.2) is 0 Å². The second-order valence-electron chi connectivity index (χ2n) is 8.46. The third-order valence-corrected chi connectivity index (χ3v) is 6.40. The molecule has 2 aliphatic heterocycles. The molecular weight excluding hydrogens is 449 g/mol. The fraction of sp³-hybridized carbons (Fsp3) is 0.360. The van der Waals surface area contributed by atoms with Crippen molar-refractivity contribution in [3.63, 3.8) is 0 Å². The van der Waals surface area contributed by atoms with Crippen molar-refractivity contribution in [1.82, 2.24) is 0 Å². The number of hydrogen-bond acceptors (Lipinski definition) is 4. The largest absolute Gasteiger partial charge is 0.486 e. The van der Waals surface area contributed by atoms with Gasteiger partial charge < -0.3 is 19.7 Å². The average Bonchev–Trinajstić information content (AvgIpc) is 2.80. The maximum atomic E-state index is 13.3. The molecule has 1 N–H and O–H groups in total. The molecule has 0 aromatic heterocycles. The molecule has 34 heavy (non-hydrogen) atoms. The van der Waals surface area contributed by atoms with Gasteiger partial charge in [-0.1, -0.05) is 19.9 Å². The van der Waals surface area contributed by atoms with Gasteiger partial charge in [-0.2, -0.15) is 13.2 Å². The Balaban J connectivity index is 1.65. The standard InChI is InChI=1S/C25H25F3N2O4/c1-4-24(5-2)13-15(18-8-6-16(25(26,27)28)11-21(18)34-24)10-22(31)29-17-7-9-20-19(12-17)30(3)23(32)14-33-20/h6-12H,4-5,13-14H2,1-3H3,(H,29,31). The van der Waals surface area contributed by atoms with Crippen molar-refractivity contribution < 1.29 is 32.2 Å². The van der Waals surface area contributed by atoms with Crippen molar-refractivity contribution in [3.8, 4) is 11.5 Å². The molecule has 2 aromatic carbocycles. The number of carbonyl (C=O) groups is 2. The van der Waals surface area contributed by atoms with E-state index in [1.54, 1.807) is 25.2 Å². The quantitative estimate of drug-likeness (QED) is 0.601. The van der Waals surface area contributed by atoms with Crippen molar-refractivity contribution in [2.75, 3.05) is 23.9 Å². The lowest BCUT2D eigenvalue weighted by molar-refractivity contribution is -0.137. The minimum Gasteiger partial charge on any atom is -0.486 e. The number of benzene rings is 2. The van der Waals surface area contributed by atoms with E-state index in [2.05, 4.69) is 5.32 Å². The molecule has 9 heteroatoms.